The number of fused-ring (bicyclic) bond motifs is 6. The monoisotopic (exact) mass is 860 g/mol. The van der Waals surface area contributed by atoms with Crippen molar-refractivity contribution in [3.05, 3.63) is 294 Å². The predicted octanol–water partition coefficient (Wildman–Crippen LogP) is 17.3. The van der Waals surface area contributed by atoms with Gasteiger partial charge in [0, 0.05) is 40.1 Å². The Labute approximate surface area is 395 Å². The van der Waals surface area contributed by atoms with E-state index in [1.165, 1.54) is 66.8 Å². The maximum absolute atomic E-state index is 2.39. The van der Waals surface area contributed by atoms with Gasteiger partial charge in [0.25, 0.3) is 0 Å². The Morgan fingerprint density at radius 1 is 0.343 bits per heavy atom. The fourth-order valence-corrected chi connectivity index (χ4v) is 10.8. The van der Waals surface area contributed by atoms with E-state index in [1.807, 2.05) is 13.0 Å². The smallest absolute Gasteiger partial charge is 0.0713 e. The molecule has 9 aromatic carbocycles. The summed E-state index contributed by atoms with van der Waals surface area (Å²) in [5.74, 6) is 0. The van der Waals surface area contributed by atoms with Gasteiger partial charge >= 0.3 is 0 Å². The quantitative estimate of drug-likeness (QED) is 0.120. The van der Waals surface area contributed by atoms with Gasteiger partial charge in [0.05, 0.1) is 5.41 Å². The van der Waals surface area contributed by atoms with Gasteiger partial charge in [0.2, 0.25) is 0 Å². The normalized spacial score (nSPS) is 14.0. The molecule has 0 N–H and O–H groups in total. The van der Waals surface area contributed by atoms with Gasteiger partial charge in [0.1, 0.15) is 0 Å². The lowest BCUT2D eigenvalue weighted by Gasteiger charge is -2.35. The van der Waals surface area contributed by atoms with Gasteiger partial charge in [-0.3, -0.25) is 0 Å². The molecule has 0 atom stereocenters. The Bertz CT molecular complexity index is 3260. The molecule has 0 radical (unpaired) electrons. The third kappa shape index (κ3) is 7.14. The zero-order valence-corrected chi connectivity index (χ0v) is 38.2. The maximum atomic E-state index is 2.39. The highest BCUT2D eigenvalue weighted by atomic mass is 15.1. The summed E-state index contributed by atoms with van der Waals surface area (Å²) >= 11 is 0. The first-order valence-corrected chi connectivity index (χ1v) is 23.4. The number of hydrogen-bond acceptors (Lipinski definition) is 2. The fraction of sp³-hybridized carbons (Fsp3) is 0.0769. The van der Waals surface area contributed by atoms with E-state index in [2.05, 4.69) is 279 Å². The van der Waals surface area contributed by atoms with Crippen molar-refractivity contribution >= 4 is 28.4 Å². The van der Waals surface area contributed by atoms with Crippen LogP contribution in [0.1, 0.15) is 54.2 Å². The Hall–Kier alpha value is -8.20. The van der Waals surface area contributed by atoms with Gasteiger partial charge < -0.3 is 9.80 Å². The molecular formula is C65H52N2. The van der Waals surface area contributed by atoms with Gasteiger partial charge in [-0.1, -0.05) is 202 Å². The number of hydrogen-bond donors (Lipinski definition) is 0. The summed E-state index contributed by atoms with van der Waals surface area (Å²) in [4.78, 5) is 4.68. The molecule has 0 bridgehead atoms. The molecule has 0 unspecified atom stereocenters. The molecule has 322 valence electrons. The fourth-order valence-electron chi connectivity index (χ4n) is 10.8. The first-order chi connectivity index (χ1) is 33.0. The van der Waals surface area contributed by atoms with E-state index in [0.717, 1.165) is 28.4 Å². The van der Waals surface area contributed by atoms with E-state index in [4.69, 9.17) is 0 Å². The number of benzene rings is 9. The minimum Gasteiger partial charge on any atom is -0.317 e. The molecule has 0 fully saturated rings. The van der Waals surface area contributed by atoms with Gasteiger partial charge in [-0.2, -0.15) is 0 Å². The summed E-state index contributed by atoms with van der Waals surface area (Å²) in [7, 11) is 0. The van der Waals surface area contributed by atoms with Crippen molar-refractivity contribution in [3.8, 4) is 33.4 Å². The second-order valence-electron chi connectivity index (χ2n) is 18.0. The average molecular weight is 861 g/mol. The number of para-hydroxylation sites is 1. The molecule has 0 aliphatic heterocycles. The van der Waals surface area contributed by atoms with Crippen molar-refractivity contribution in [2.24, 2.45) is 0 Å². The van der Waals surface area contributed by atoms with Crippen molar-refractivity contribution in [2.45, 2.75) is 31.6 Å². The third-order valence-electron chi connectivity index (χ3n) is 13.9. The highest BCUT2D eigenvalue weighted by molar-refractivity contribution is 5.88. The topological polar surface area (TPSA) is 6.48 Å². The average Bonchev–Trinajstić information content (AvgIpc) is 3.81. The van der Waals surface area contributed by atoms with E-state index < -0.39 is 5.41 Å². The van der Waals surface area contributed by atoms with Crippen molar-refractivity contribution in [3.63, 3.8) is 0 Å². The molecule has 0 aromatic heterocycles. The minimum atomic E-state index is -0.557. The van der Waals surface area contributed by atoms with Crippen molar-refractivity contribution in [2.75, 3.05) is 9.80 Å². The van der Waals surface area contributed by atoms with Gasteiger partial charge in [-0.05, 0) is 140 Å². The highest BCUT2D eigenvalue weighted by Gasteiger charge is 2.46. The lowest BCUT2D eigenvalue weighted by atomic mass is 9.67. The Kier molecular flexibility index (Phi) is 10.7. The summed E-state index contributed by atoms with van der Waals surface area (Å²) < 4.78 is 0. The van der Waals surface area contributed by atoms with E-state index in [0.29, 0.717) is 0 Å². The van der Waals surface area contributed by atoms with E-state index in [-0.39, 0.29) is 5.41 Å². The molecule has 0 saturated carbocycles. The predicted molar refractivity (Wildman–Crippen MR) is 283 cm³/mol. The van der Waals surface area contributed by atoms with Crippen LogP contribution >= 0.6 is 0 Å². The number of nitrogens with zero attached hydrogens (tertiary/aromatic N) is 2. The largest absolute Gasteiger partial charge is 0.317 e. The number of rotatable bonds is 11. The summed E-state index contributed by atoms with van der Waals surface area (Å²) in [5, 5.41) is 0. The summed E-state index contributed by atoms with van der Waals surface area (Å²) in [6, 6.07) is 82.6. The van der Waals surface area contributed by atoms with Crippen LogP contribution in [0.3, 0.4) is 0 Å². The number of anilines is 5. The molecule has 0 spiro atoms. The highest BCUT2D eigenvalue weighted by Crippen LogP contribution is 2.57. The first kappa shape index (κ1) is 41.5. The van der Waals surface area contributed by atoms with Gasteiger partial charge in [0.15, 0.2) is 0 Å². The molecule has 0 saturated heterocycles. The molecular weight excluding hydrogens is 809 g/mol. The van der Waals surface area contributed by atoms with Crippen LogP contribution in [0.4, 0.5) is 28.4 Å². The van der Waals surface area contributed by atoms with Crippen LogP contribution in [0, 0.1) is 0 Å². The first-order valence-electron chi connectivity index (χ1n) is 23.4. The SMILES string of the molecule is C\C=C/C=C\C=C\N(c1ccc(C2(c3ccc(N(c4ccccc4)c4ccc(-c5ccccc5)cc4)cc3)c3ccccc3-c3ccccc32)cc1)c1ccc2c(c1)C(C)(C)c1ccccc1-2. The van der Waals surface area contributed by atoms with Crippen molar-refractivity contribution < 1.29 is 0 Å². The summed E-state index contributed by atoms with van der Waals surface area (Å²) in [6.45, 7) is 6.74. The van der Waals surface area contributed by atoms with Crippen LogP contribution in [-0.4, -0.2) is 0 Å². The molecule has 0 amide bonds. The Balaban J connectivity index is 1.02. The van der Waals surface area contributed by atoms with Crippen LogP contribution in [0.2, 0.25) is 0 Å². The molecule has 11 rings (SSSR count). The van der Waals surface area contributed by atoms with Crippen LogP contribution in [0.15, 0.2) is 261 Å². The second kappa shape index (κ2) is 17.3. The molecule has 2 aliphatic carbocycles. The van der Waals surface area contributed by atoms with E-state index in [9.17, 15) is 0 Å². The van der Waals surface area contributed by atoms with Gasteiger partial charge in [-0.15, -0.1) is 0 Å². The summed E-state index contributed by atoms with van der Waals surface area (Å²) in [5.41, 5.74) is 20.2. The lowest BCUT2D eigenvalue weighted by Crippen LogP contribution is -2.28. The van der Waals surface area contributed by atoms with E-state index >= 15 is 0 Å². The molecule has 2 nitrogen and oxygen atoms in total. The Morgan fingerprint density at radius 3 is 1.37 bits per heavy atom. The Morgan fingerprint density at radius 2 is 0.776 bits per heavy atom. The van der Waals surface area contributed by atoms with Gasteiger partial charge in [-0.25, -0.2) is 0 Å². The van der Waals surface area contributed by atoms with Crippen LogP contribution in [0.5, 0.6) is 0 Å². The summed E-state index contributed by atoms with van der Waals surface area (Å²) in [6.07, 6.45) is 12.6. The van der Waals surface area contributed by atoms with Crippen LogP contribution < -0.4 is 9.80 Å². The molecule has 67 heavy (non-hydrogen) atoms. The van der Waals surface area contributed by atoms with Crippen LogP contribution in [0.25, 0.3) is 33.4 Å². The molecule has 2 heteroatoms. The van der Waals surface area contributed by atoms with Crippen LogP contribution in [-0.2, 0) is 10.8 Å². The van der Waals surface area contributed by atoms with Crippen molar-refractivity contribution in [1.29, 1.82) is 0 Å². The number of allylic oxidation sites excluding steroid dienone is 5. The minimum absolute atomic E-state index is 0.108. The zero-order chi connectivity index (χ0) is 45.4. The maximum Gasteiger partial charge on any atom is 0.0713 e. The second-order valence-corrected chi connectivity index (χ2v) is 18.0. The zero-order valence-electron chi connectivity index (χ0n) is 38.2. The molecule has 0 heterocycles. The third-order valence-corrected chi connectivity index (χ3v) is 13.9. The van der Waals surface area contributed by atoms with E-state index in [1.54, 1.807) is 0 Å². The van der Waals surface area contributed by atoms with Crippen molar-refractivity contribution in [1.82, 2.24) is 0 Å². The molecule has 9 aromatic rings. The molecule has 2 aliphatic rings. The lowest BCUT2D eigenvalue weighted by molar-refractivity contribution is 0.660. The standard InChI is InChI=1S/C65H52N2/c1-4-5-6-7-20-45-66(55-43-44-59-56-25-14-17-28-60(56)64(2,3)63(59)46-55)51-39-33-49(34-40-51)65(61-29-18-15-26-57(61)58-27-16-19-30-62(58)65)50-35-41-54(42-36-50)67(52-23-12-9-13-24-52)53-37-31-48(32-38-53)47-21-10-8-11-22-47/h4-46H,1-3H3/b5-4-,7-6-,45-20+.